The molecule has 0 radical (unpaired) electrons. The van der Waals surface area contributed by atoms with Crippen LogP contribution in [0.15, 0.2) is 53.6 Å². The second kappa shape index (κ2) is 9.81. The van der Waals surface area contributed by atoms with Gasteiger partial charge in [0.25, 0.3) is 0 Å². The number of hydrazone groups is 1. The number of hydrogen-bond acceptors (Lipinski definition) is 4. The fourth-order valence-electron chi connectivity index (χ4n) is 4.05. The minimum Gasteiger partial charge on any atom is -0.306 e. The first kappa shape index (κ1) is 21.8. The Morgan fingerprint density at radius 3 is 2.42 bits per heavy atom. The zero-order valence-corrected chi connectivity index (χ0v) is 19.0. The Morgan fingerprint density at radius 1 is 1.06 bits per heavy atom. The second-order valence-corrected chi connectivity index (χ2v) is 8.94. The van der Waals surface area contributed by atoms with Gasteiger partial charge in [0.2, 0.25) is 0 Å². The van der Waals surface area contributed by atoms with E-state index in [1.165, 1.54) is 0 Å². The lowest BCUT2D eigenvalue weighted by molar-refractivity contribution is 0.148. The van der Waals surface area contributed by atoms with Gasteiger partial charge in [-0.15, -0.1) is 0 Å². The third-order valence-corrected chi connectivity index (χ3v) is 6.33. The van der Waals surface area contributed by atoms with Crippen LogP contribution in [-0.2, 0) is 0 Å². The smallest absolute Gasteiger partial charge is 0.306 e. The van der Waals surface area contributed by atoms with Crippen LogP contribution in [0.2, 0.25) is 5.02 Å². The summed E-state index contributed by atoms with van der Waals surface area (Å²) in [5.41, 5.74) is 3.93. The van der Waals surface area contributed by atoms with E-state index in [0.29, 0.717) is 11.6 Å². The normalized spacial score (nSPS) is 20.0. The molecular weight excluding hydrogens is 410 g/mol. The molecule has 31 heavy (non-hydrogen) atoms. The van der Waals surface area contributed by atoms with Gasteiger partial charge in [-0.2, -0.15) is 5.10 Å². The van der Waals surface area contributed by atoms with Crippen LogP contribution in [0.4, 0.5) is 10.5 Å². The number of urea groups is 1. The molecule has 4 rings (SSSR count). The first-order valence-corrected chi connectivity index (χ1v) is 11.3. The Balaban J connectivity index is 1.46. The maximum atomic E-state index is 12.9. The second-order valence-electron chi connectivity index (χ2n) is 8.50. The van der Waals surface area contributed by atoms with E-state index in [-0.39, 0.29) is 11.9 Å². The number of hydrogen-bond donors (Lipinski definition) is 1. The topological polar surface area (TPSA) is 51.2 Å². The first-order valence-electron chi connectivity index (χ1n) is 10.9. The van der Waals surface area contributed by atoms with Gasteiger partial charge in [-0.25, -0.2) is 9.80 Å². The van der Waals surface area contributed by atoms with E-state index in [2.05, 4.69) is 22.2 Å². The van der Waals surface area contributed by atoms with E-state index >= 15 is 0 Å². The zero-order chi connectivity index (χ0) is 21.8. The van der Waals surface area contributed by atoms with Crippen LogP contribution in [0, 0.1) is 12.8 Å². The number of carbonyl (C=O) groups is 1. The summed E-state index contributed by atoms with van der Waals surface area (Å²) in [6, 6.07) is 15.4. The standard InChI is InChI=1S/C24H30ClN5O/c1-18-3-9-22(10-4-18)26-24(31)30-17-20(11-12-29-15-13-28(2)14-16-29)23(27-30)19-5-7-21(25)8-6-19/h3-10,20H,11-17H2,1-2H3,(H,26,31). The van der Waals surface area contributed by atoms with Crippen molar-refractivity contribution in [1.82, 2.24) is 14.8 Å². The molecule has 164 valence electrons. The molecule has 1 N–H and O–H groups in total. The van der Waals surface area contributed by atoms with Crippen LogP contribution in [0.25, 0.3) is 0 Å². The molecule has 2 heterocycles. The molecule has 2 aromatic rings. The maximum Gasteiger partial charge on any atom is 0.342 e. The van der Waals surface area contributed by atoms with E-state index < -0.39 is 0 Å². The van der Waals surface area contributed by atoms with Crippen molar-refractivity contribution in [1.29, 1.82) is 0 Å². The summed E-state index contributed by atoms with van der Waals surface area (Å²) >= 11 is 6.08. The molecule has 1 atom stereocenters. The number of rotatable bonds is 5. The molecule has 1 saturated heterocycles. The Bertz CT molecular complexity index is 920. The Morgan fingerprint density at radius 2 is 1.74 bits per heavy atom. The van der Waals surface area contributed by atoms with Crippen LogP contribution < -0.4 is 5.32 Å². The number of anilines is 1. The summed E-state index contributed by atoms with van der Waals surface area (Å²) in [6.45, 7) is 8.02. The lowest BCUT2D eigenvalue weighted by atomic mass is 9.94. The van der Waals surface area contributed by atoms with Crippen molar-refractivity contribution >= 4 is 29.0 Å². The van der Waals surface area contributed by atoms with E-state index in [0.717, 1.165) is 61.7 Å². The van der Waals surface area contributed by atoms with Crippen molar-refractivity contribution < 1.29 is 4.79 Å². The molecule has 0 bridgehead atoms. The lowest BCUT2D eigenvalue weighted by Crippen LogP contribution is -2.45. The third kappa shape index (κ3) is 5.64. The number of carbonyl (C=O) groups excluding carboxylic acids is 1. The quantitative estimate of drug-likeness (QED) is 0.761. The van der Waals surface area contributed by atoms with Gasteiger partial charge in [0.1, 0.15) is 0 Å². The van der Waals surface area contributed by atoms with Crippen molar-refractivity contribution in [2.75, 3.05) is 51.6 Å². The summed E-state index contributed by atoms with van der Waals surface area (Å²) < 4.78 is 0. The molecule has 2 amide bonds. The fraction of sp³-hybridized carbons (Fsp3) is 0.417. The summed E-state index contributed by atoms with van der Waals surface area (Å²) in [6.07, 6.45) is 0.972. The number of aryl methyl sites for hydroxylation is 1. The third-order valence-electron chi connectivity index (χ3n) is 6.08. The van der Waals surface area contributed by atoms with Crippen molar-refractivity contribution in [3.8, 4) is 0 Å². The van der Waals surface area contributed by atoms with E-state index in [4.69, 9.17) is 16.7 Å². The highest BCUT2D eigenvalue weighted by atomic mass is 35.5. The van der Waals surface area contributed by atoms with Crippen LogP contribution in [0.5, 0.6) is 0 Å². The Kier molecular flexibility index (Phi) is 6.90. The van der Waals surface area contributed by atoms with Gasteiger partial charge in [-0.3, -0.25) is 0 Å². The lowest BCUT2D eigenvalue weighted by Gasteiger charge is -2.33. The molecule has 2 aliphatic rings. The van der Waals surface area contributed by atoms with Gasteiger partial charge in [0.15, 0.2) is 0 Å². The number of piperazine rings is 1. The van der Waals surface area contributed by atoms with Gasteiger partial charge in [-0.05, 0) is 56.8 Å². The summed E-state index contributed by atoms with van der Waals surface area (Å²) in [4.78, 5) is 17.8. The highest BCUT2D eigenvalue weighted by Gasteiger charge is 2.31. The molecular formula is C24H30ClN5O. The fourth-order valence-corrected chi connectivity index (χ4v) is 4.18. The van der Waals surface area contributed by atoms with Crippen LogP contribution in [0.1, 0.15) is 17.5 Å². The molecule has 0 aliphatic carbocycles. The van der Waals surface area contributed by atoms with Gasteiger partial charge in [0, 0.05) is 42.8 Å². The SMILES string of the molecule is Cc1ccc(NC(=O)N2CC(CCN3CCN(C)CC3)C(c3ccc(Cl)cc3)=N2)cc1. The molecule has 0 spiro atoms. The minimum absolute atomic E-state index is 0.197. The van der Waals surface area contributed by atoms with Crippen LogP contribution >= 0.6 is 11.6 Å². The first-order chi connectivity index (χ1) is 15.0. The van der Waals surface area contributed by atoms with Crippen LogP contribution in [0.3, 0.4) is 0 Å². The molecule has 0 saturated carbocycles. The molecule has 6 nitrogen and oxygen atoms in total. The highest BCUT2D eigenvalue weighted by Crippen LogP contribution is 2.25. The van der Waals surface area contributed by atoms with Crippen molar-refractivity contribution in [3.63, 3.8) is 0 Å². The monoisotopic (exact) mass is 439 g/mol. The van der Waals surface area contributed by atoms with Gasteiger partial charge >= 0.3 is 6.03 Å². The Labute approximate surface area is 189 Å². The van der Waals surface area contributed by atoms with Crippen molar-refractivity contribution in [3.05, 3.63) is 64.7 Å². The van der Waals surface area contributed by atoms with Crippen molar-refractivity contribution in [2.45, 2.75) is 13.3 Å². The van der Waals surface area contributed by atoms with E-state index in [1.807, 2.05) is 55.5 Å². The molecule has 0 aromatic heterocycles. The van der Waals surface area contributed by atoms with Gasteiger partial charge < -0.3 is 15.1 Å². The predicted octanol–water partition coefficient (Wildman–Crippen LogP) is 4.15. The van der Waals surface area contributed by atoms with Gasteiger partial charge in [-0.1, -0.05) is 41.4 Å². The number of likely N-dealkylation sites (N-methyl/N-ethyl adjacent to an activating group) is 1. The van der Waals surface area contributed by atoms with E-state index in [9.17, 15) is 4.79 Å². The van der Waals surface area contributed by atoms with E-state index in [1.54, 1.807) is 5.01 Å². The molecule has 7 heteroatoms. The highest BCUT2D eigenvalue weighted by molar-refractivity contribution is 6.30. The average Bonchev–Trinajstić information content (AvgIpc) is 3.20. The Hall–Kier alpha value is -2.41. The largest absolute Gasteiger partial charge is 0.342 e. The molecule has 2 aromatic carbocycles. The summed E-state index contributed by atoms with van der Waals surface area (Å²) in [5, 5.41) is 9.96. The number of amides is 2. The number of nitrogens with zero attached hydrogens (tertiary/aromatic N) is 4. The molecule has 1 fully saturated rings. The zero-order valence-electron chi connectivity index (χ0n) is 18.2. The summed E-state index contributed by atoms with van der Waals surface area (Å²) in [5.74, 6) is 0.199. The van der Waals surface area contributed by atoms with Crippen molar-refractivity contribution in [2.24, 2.45) is 11.0 Å². The molecule has 2 aliphatic heterocycles. The average molecular weight is 440 g/mol. The number of halogens is 1. The number of nitrogens with one attached hydrogen (secondary N) is 1. The number of benzene rings is 2. The summed E-state index contributed by atoms with van der Waals surface area (Å²) in [7, 11) is 2.17. The van der Waals surface area contributed by atoms with Gasteiger partial charge in [0.05, 0.1) is 12.3 Å². The predicted molar refractivity (Wildman–Crippen MR) is 127 cm³/mol. The van der Waals surface area contributed by atoms with Crippen LogP contribution in [-0.4, -0.2) is 72.9 Å². The maximum absolute atomic E-state index is 12.9. The molecule has 1 unspecified atom stereocenters. The minimum atomic E-state index is -0.197.